The first-order valence-corrected chi connectivity index (χ1v) is 9.75. The quantitative estimate of drug-likeness (QED) is 0.664. The number of carbonyl (C=O) groups excluding carboxylic acids is 1. The molecule has 2 heterocycles. The molecule has 0 N–H and O–H groups in total. The molecule has 148 valence electrons. The summed E-state index contributed by atoms with van der Waals surface area (Å²) >= 11 is 0. The minimum atomic E-state index is -0.284. The fourth-order valence-corrected chi connectivity index (χ4v) is 3.44. The number of fused-ring (bicyclic) bond motifs is 1. The third-order valence-corrected chi connectivity index (χ3v) is 5.11. The highest BCUT2D eigenvalue weighted by Gasteiger charge is 2.21. The molecular weight excluding hydrogens is 366 g/mol. The van der Waals surface area contributed by atoms with E-state index in [1.807, 2.05) is 18.2 Å². The highest BCUT2D eigenvalue weighted by molar-refractivity contribution is 5.78. The molecule has 0 aliphatic carbocycles. The summed E-state index contributed by atoms with van der Waals surface area (Å²) in [4.78, 5) is 29.2. The number of rotatable bonds is 5. The number of nitrogens with zero attached hydrogens (tertiary/aromatic N) is 5. The van der Waals surface area contributed by atoms with Gasteiger partial charge in [0.05, 0.1) is 5.39 Å². The van der Waals surface area contributed by atoms with E-state index in [1.54, 1.807) is 29.2 Å². The van der Waals surface area contributed by atoms with Crippen LogP contribution < -0.4 is 5.56 Å². The summed E-state index contributed by atoms with van der Waals surface area (Å²) in [6.45, 7) is 3.69. The monoisotopic (exact) mass is 389 g/mol. The first-order chi connectivity index (χ1) is 14.2. The Balaban J connectivity index is 1.31. The Labute approximate surface area is 168 Å². The Morgan fingerprint density at radius 2 is 1.69 bits per heavy atom. The molecule has 4 rings (SSSR count). The minimum absolute atomic E-state index is 0.0788. The van der Waals surface area contributed by atoms with E-state index in [2.05, 4.69) is 39.5 Å². The van der Waals surface area contributed by atoms with Crippen LogP contribution in [0.5, 0.6) is 0 Å². The van der Waals surface area contributed by atoms with Crippen LogP contribution in [-0.4, -0.2) is 63.4 Å². The molecule has 1 saturated heterocycles. The fourth-order valence-electron chi connectivity index (χ4n) is 3.44. The van der Waals surface area contributed by atoms with Crippen molar-refractivity contribution in [3.63, 3.8) is 0 Å². The first kappa shape index (κ1) is 19.0. The van der Waals surface area contributed by atoms with Crippen LogP contribution in [-0.2, 0) is 11.3 Å². The maximum absolute atomic E-state index is 12.6. The standard InChI is InChI=1S/C22H23N5O2/c28-21(17-27-22(29)19-10-4-5-11-20(19)23-24-27)26-15-13-25(14-16-26)12-6-9-18-7-2-1-3-8-18/h1-11H,12-17H2. The largest absolute Gasteiger partial charge is 0.339 e. The van der Waals surface area contributed by atoms with E-state index in [9.17, 15) is 9.59 Å². The van der Waals surface area contributed by atoms with Gasteiger partial charge in [0.15, 0.2) is 0 Å². The SMILES string of the molecule is O=C(Cn1nnc2ccccc2c1=O)N1CCN(CC=Cc2ccccc2)CC1. The molecule has 0 spiro atoms. The van der Waals surface area contributed by atoms with Gasteiger partial charge in [0, 0.05) is 32.7 Å². The molecule has 0 bridgehead atoms. The number of piperazine rings is 1. The van der Waals surface area contributed by atoms with E-state index in [0.29, 0.717) is 24.0 Å². The van der Waals surface area contributed by atoms with Gasteiger partial charge in [0.2, 0.25) is 5.91 Å². The van der Waals surface area contributed by atoms with Crippen molar-refractivity contribution < 1.29 is 4.79 Å². The molecule has 7 heteroatoms. The molecule has 0 unspecified atom stereocenters. The van der Waals surface area contributed by atoms with Gasteiger partial charge in [-0.05, 0) is 17.7 Å². The number of hydrogen-bond acceptors (Lipinski definition) is 5. The zero-order valence-electron chi connectivity index (χ0n) is 16.1. The van der Waals surface area contributed by atoms with Gasteiger partial charge in [0.1, 0.15) is 12.1 Å². The maximum Gasteiger partial charge on any atom is 0.278 e. The summed E-state index contributed by atoms with van der Waals surface area (Å²) < 4.78 is 1.15. The van der Waals surface area contributed by atoms with Crippen molar-refractivity contribution in [3.8, 4) is 0 Å². The van der Waals surface area contributed by atoms with Gasteiger partial charge in [-0.3, -0.25) is 14.5 Å². The van der Waals surface area contributed by atoms with Gasteiger partial charge in [-0.15, -0.1) is 5.10 Å². The van der Waals surface area contributed by atoms with Crippen molar-refractivity contribution in [2.45, 2.75) is 6.54 Å². The third kappa shape index (κ3) is 4.57. The molecule has 1 aromatic heterocycles. The van der Waals surface area contributed by atoms with Crippen LogP contribution >= 0.6 is 0 Å². The smallest absolute Gasteiger partial charge is 0.278 e. The number of hydrogen-bond donors (Lipinski definition) is 0. The lowest BCUT2D eigenvalue weighted by Crippen LogP contribution is -2.50. The second-order valence-corrected chi connectivity index (χ2v) is 7.06. The van der Waals surface area contributed by atoms with Crippen LogP contribution in [0.25, 0.3) is 17.0 Å². The molecule has 7 nitrogen and oxygen atoms in total. The first-order valence-electron chi connectivity index (χ1n) is 9.75. The predicted molar refractivity (Wildman–Crippen MR) is 112 cm³/mol. The zero-order chi connectivity index (χ0) is 20.1. The van der Waals surface area contributed by atoms with Crippen molar-refractivity contribution >= 4 is 22.9 Å². The summed E-state index contributed by atoms with van der Waals surface area (Å²) in [5.41, 5.74) is 1.44. The second kappa shape index (κ2) is 8.79. The van der Waals surface area contributed by atoms with Crippen molar-refractivity contribution in [2.75, 3.05) is 32.7 Å². The lowest BCUT2D eigenvalue weighted by Gasteiger charge is -2.34. The van der Waals surface area contributed by atoms with Crippen LogP contribution in [0.15, 0.2) is 65.5 Å². The summed E-state index contributed by atoms with van der Waals surface area (Å²) in [5, 5.41) is 8.43. The topological polar surface area (TPSA) is 71.3 Å². The summed E-state index contributed by atoms with van der Waals surface area (Å²) in [6.07, 6.45) is 4.26. The van der Waals surface area contributed by atoms with Crippen LogP contribution in [0.2, 0.25) is 0 Å². The Hall–Kier alpha value is -3.32. The summed E-state index contributed by atoms with van der Waals surface area (Å²) in [7, 11) is 0. The van der Waals surface area contributed by atoms with Crippen molar-refractivity contribution in [1.82, 2.24) is 24.8 Å². The number of carbonyl (C=O) groups is 1. The van der Waals surface area contributed by atoms with Crippen molar-refractivity contribution in [2.24, 2.45) is 0 Å². The third-order valence-electron chi connectivity index (χ3n) is 5.11. The van der Waals surface area contributed by atoms with E-state index in [4.69, 9.17) is 0 Å². The predicted octanol–water partition coefficient (Wildman–Crippen LogP) is 1.65. The lowest BCUT2D eigenvalue weighted by atomic mass is 10.2. The van der Waals surface area contributed by atoms with Gasteiger partial charge in [-0.2, -0.15) is 0 Å². The molecule has 1 amide bonds. The van der Waals surface area contributed by atoms with E-state index in [1.165, 1.54) is 5.56 Å². The molecule has 29 heavy (non-hydrogen) atoms. The second-order valence-electron chi connectivity index (χ2n) is 7.06. The molecule has 0 atom stereocenters. The van der Waals surface area contributed by atoms with Crippen LogP contribution in [0, 0.1) is 0 Å². The molecule has 0 radical (unpaired) electrons. The molecule has 1 aliphatic rings. The summed E-state index contributed by atoms with van der Waals surface area (Å²) in [6, 6.07) is 17.2. The number of amides is 1. The fraction of sp³-hybridized carbons (Fsp3) is 0.273. The average Bonchev–Trinajstić information content (AvgIpc) is 2.77. The van der Waals surface area contributed by atoms with E-state index in [-0.39, 0.29) is 18.0 Å². The van der Waals surface area contributed by atoms with Crippen LogP contribution in [0.4, 0.5) is 0 Å². The Morgan fingerprint density at radius 3 is 2.48 bits per heavy atom. The van der Waals surface area contributed by atoms with Gasteiger partial charge in [0.25, 0.3) is 5.56 Å². The van der Waals surface area contributed by atoms with Gasteiger partial charge in [-0.25, -0.2) is 4.68 Å². The normalized spacial score (nSPS) is 15.2. The van der Waals surface area contributed by atoms with Crippen LogP contribution in [0.1, 0.15) is 5.56 Å². The minimum Gasteiger partial charge on any atom is -0.339 e. The van der Waals surface area contributed by atoms with Crippen LogP contribution in [0.3, 0.4) is 0 Å². The highest BCUT2D eigenvalue weighted by atomic mass is 16.2. The highest BCUT2D eigenvalue weighted by Crippen LogP contribution is 2.06. The van der Waals surface area contributed by atoms with E-state index >= 15 is 0 Å². The molecule has 0 saturated carbocycles. The number of aromatic nitrogens is 3. The average molecular weight is 389 g/mol. The molecule has 1 fully saturated rings. The van der Waals surface area contributed by atoms with Crippen molar-refractivity contribution in [3.05, 3.63) is 76.6 Å². The maximum atomic E-state index is 12.6. The molecule has 2 aromatic carbocycles. The molecule has 3 aromatic rings. The number of benzene rings is 2. The Kier molecular flexibility index (Phi) is 5.76. The van der Waals surface area contributed by atoms with Gasteiger partial charge < -0.3 is 4.90 Å². The Morgan fingerprint density at radius 1 is 0.966 bits per heavy atom. The van der Waals surface area contributed by atoms with E-state index < -0.39 is 0 Å². The molecular formula is C22H23N5O2. The lowest BCUT2D eigenvalue weighted by molar-refractivity contribution is -0.133. The zero-order valence-corrected chi connectivity index (χ0v) is 16.1. The van der Waals surface area contributed by atoms with Gasteiger partial charge >= 0.3 is 0 Å². The van der Waals surface area contributed by atoms with Gasteiger partial charge in [-0.1, -0.05) is 59.8 Å². The molecule has 1 aliphatic heterocycles. The Bertz CT molecular complexity index is 1070. The van der Waals surface area contributed by atoms with Crippen molar-refractivity contribution in [1.29, 1.82) is 0 Å². The summed E-state index contributed by atoms with van der Waals surface area (Å²) in [5.74, 6) is -0.101. The van der Waals surface area contributed by atoms with E-state index in [0.717, 1.165) is 24.3 Å².